The Kier molecular flexibility index (Phi) is 3.53. The summed E-state index contributed by atoms with van der Waals surface area (Å²) >= 11 is 0. The summed E-state index contributed by atoms with van der Waals surface area (Å²) < 4.78 is 5.26. The summed E-state index contributed by atoms with van der Waals surface area (Å²) in [5.74, 6) is 0.707. The van der Waals surface area contributed by atoms with E-state index in [-0.39, 0.29) is 6.54 Å². The first kappa shape index (κ1) is 12.7. The van der Waals surface area contributed by atoms with Gasteiger partial charge in [0.2, 0.25) is 0 Å². The number of carboxylic acid groups (broad SMARTS) is 1. The van der Waals surface area contributed by atoms with Crippen LogP contribution in [0.5, 0.6) is 0 Å². The van der Waals surface area contributed by atoms with Crippen molar-refractivity contribution < 1.29 is 19.1 Å². The zero-order valence-corrected chi connectivity index (χ0v) is 10.00. The maximum atomic E-state index is 12.3. The van der Waals surface area contributed by atoms with E-state index in [4.69, 9.17) is 15.9 Å². The van der Waals surface area contributed by atoms with Crippen molar-refractivity contribution in [3.8, 4) is 12.3 Å². The van der Waals surface area contributed by atoms with Crippen molar-refractivity contribution in [2.75, 3.05) is 13.1 Å². The summed E-state index contributed by atoms with van der Waals surface area (Å²) in [4.78, 5) is 24.1. The van der Waals surface area contributed by atoms with E-state index in [2.05, 4.69) is 5.92 Å². The molecular weight excluding hydrogens is 246 g/mol. The Morgan fingerprint density at radius 2 is 2.11 bits per heavy atom. The van der Waals surface area contributed by atoms with E-state index in [1.807, 2.05) is 0 Å². The lowest BCUT2D eigenvalue weighted by atomic mass is 10.1. The minimum atomic E-state index is -1.11. The first-order chi connectivity index (χ1) is 9.13. The molecule has 0 atom stereocenters. The highest BCUT2D eigenvalue weighted by Crippen LogP contribution is 2.21. The van der Waals surface area contributed by atoms with Gasteiger partial charge in [-0.3, -0.25) is 9.59 Å². The number of furan rings is 1. The van der Waals surface area contributed by atoms with Gasteiger partial charge >= 0.3 is 5.97 Å². The van der Waals surface area contributed by atoms with Gasteiger partial charge in [-0.2, -0.15) is 0 Å². The van der Waals surface area contributed by atoms with Gasteiger partial charge in [-0.25, -0.2) is 0 Å². The van der Waals surface area contributed by atoms with Crippen LogP contribution in [-0.2, 0) is 4.79 Å². The molecule has 96 valence electrons. The van der Waals surface area contributed by atoms with Crippen molar-refractivity contribution in [3.63, 3.8) is 0 Å². The number of terminal acetylenes is 1. The van der Waals surface area contributed by atoms with Crippen LogP contribution in [0.2, 0.25) is 0 Å². The number of hydrogen-bond acceptors (Lipinski definition) is 3. The van der Waals surface area contributed by atoms with Crippen LogP contribution >= 0.6 is 0 Å². The number of hydrogen-bond donors (Lipinski definition) is 1. The molecule has 2 rings (SSSR count). The predicted octanol–water partition coefficient (Wildman–Crippen LogP) is 1.59. The molecule has 0 unspecified atom stereocenters. The molecule has 0 aliphatic heterocycles. The molecule has 0 spiro atoms. The highest BCUT2D eigenvalue weighted by atomic mass is 16.4. The summed E-state index contributed by atoms with van der Waals surface area (Å²) in [7, 11) is 0. The molecule has 0 saturated heterocycles. The fourth-order valence-corrected chi connectivity index (χ4v) is 1.79. The van der Waals surface area contributed by atoms with E-state index >= 15 is 0 Å². The first-order valence-corrected chi connectivity index (χ1v) is 5.54. The minimum Gasteiger partial charge on any atom is -0.480 e. The number of amides is 1. The quantitative estimate of drug-likeness (QED) is 0.844. The van der Waals surface area contributed by atoms with E-state index in [1.54, 1.807) is 24.3 Å². The third kappa shape index (κ3) is 2.58. The molecule has 5 heteroatoms. The van der Waals surface area contributed by atoms with E-state index in [9.17, 15) is 9.59 Å². The Morgan fingerprint density at radius 1 is 1.37 bits per heavy atom. The largest absolute Gasteiger partial charge is 0.480 e. The van der Waals surface area contributed by atoms with E-state index < -0.39 is 18.4 Å². The van der Waals surface area contributed by atoms with Crippen LogP contribution in [-0.4, -0.2) is 35.0 Å². The molecule has 0 fully saturated rings. The maximum absolute atomic E-state index is 12.3. The lowest BCUT2D eigenvalue weighted by Gasteiger charge is -2.16. The molecule has 0 aliphatic carbocycles. The van der Waals surface area contributed by atoms with Crippen molar-refractivity contribution in [1.82, 2.24) is 4.90 Å². The summed E-state index contributed by atoms with van der Waals surface area (Å²) in [6, 6.07) is 7.03. The van der Waals surface area contributed by atoms with Crippen LogP contribution in [0.1, 0.15) is 10.4 Å². The van der Waals surface area contributed by atoms with Gasteiger partial charge in [-0.15, -0.1) is 6.42 Å². The molecule has 1 aromatic heterocycles. The standard InChI is InChI=1S/C14H11NO4/c1-2-7-15(8-13(16)17)14(18)11-9-19-12-6-4-3-5-10(11)12/h1,3-6,9H,7-8H2,(H,16,17). The summed E-state index contributed by atoms with van der Waals surface area (Å²) in [5, 5.41) is 9.42. The number of aliphatic carboxylic acids is 1. The van der Waals surface area contributed by atoms with Crippen LogP contribution in [0, 0.1) is 12.3 Å². The number of carbonyl (C=O) groups is 2. The number of rotatable bonds is 4. The lowest BCUT2D eigenvalue weighted by Crippen LogP contribution is -2.35. The third-order valence-electron chi connectivity index (χ3n) is 2.61. The van der Waals surface area contributed by atoms with Crippen molar-refractivity contribution in [1.29, 1.82) is 0 Å². The van der Waals surface area contributed by atoms with Gasteiger partial charge in [0, 0.05) is 5.39 Å². The Hall–Kier alpha value is -2.74. The Morgan fingerprint density at radius 3 is 2.79 bits per heavy atom. The average molecular weight is 257 g/mol. The van der Waals surface area contributed by atoms with E-state index in [0.717, 1.165) is 4.90 Å². The van der Waals surface area contributed by atoms with Gasteiger partial charge in [-0.05, 0) is 6.07 Å². The molecule has 1 aromatic carbocycles. The Balaban J connectivity index is 2.36. The lowest BCUT2D eigenvalue weighted by molar-refractivity contribution is -0.137. The van der Waals surface area contributed by atoms with Crippen LogP contribution in [0.3, 0.4) is 0 Å². The number of fused-ring (bicyclic) bond motifs is 1. The molecule has 19 heavy (non-hydrogen) atoms. The number of nitrogens with zero attached hydrogens (tertiary/aromatic N) is 1. The monoisotopic (exact) mass is 257 g/mol. The van der Waals surface area contributed by atoms with Crippen LogP contribution in [0.4, 0.5) is 0 Å². The third-order valence-corrected chi connectivity index (χ3v) is 2.61. The topological polar surface area (TPSA) is 70.8 Å². The van der Waals surface area contributed by atoms with E-state index in [1.165, 1.54) is 6.26 Å². The Labute approximate surface area is 109 Å². The average Bonchev–Trinajstić information content (AvgIpc) is 2.80. The summed E-state index contributed by atoms with van der Waals surface area (Å²) in [6.07, 6.45) is 6.47. The SMILES string of the molecule is C#CCN(CC(=O)O)C(=O)c1coc2ccccc12. The Bertz CT molecular complexity index is 665. The zero-order chi connectivity index (χ0) is 13.8. The second-order valence-electron chi connectivity index (χ2n) is 3.90. The van der Waals surface area contributed by atoms with Gasteiger partial charge in [0.25, 0.3) is 5.91 Å². The molecule has 0 aliphatic rings. The number of carbonyl (C=O) groups excluding carboxylic acids is 1. The van der Waals surface area contributed by atoms with Gasteiger partial charge in [0.05, 0.1) is 12.1 Å². The van der Waals surface area contributed by atoms with Crippen molar-refractivity contribution in [2.45, 2.75) is 0 Å². The van der Waals surface area contributed by atoms with Gasteiger partial charge in [0.15, 0.2) is 0 Å². The molecule has 0 saturated carbocycles. The second-order valence-corrected chi connectivity index (χ2v) is 3.90. The van der Waals surface area contributed by atoms with Crippen LogP contribution in [0.25, 0.3) is 11.0 Å². The van der Waals surface area contributed by atoms with Crippen LogP contribution in [0.15, 0.2) is 34.9 Å². The minimum absolute atomic E-state index is 0.0648. The number of para-hydroxylation sites is 1. The van der Waals surface area contributed by atoms with Crippen molar-refractivity contribution in [2.24, 2.45) is 0 Å². The fourth-order valence-electron chi connectivity index (χ4n) is 1.79. The first-order valence-electron chi connectivity index (χ1n) is 5.54. The number of benzene rings is 1. The van der Waals surface area contributed by atoms with Crippen molar-refractivity contribution in [3.05, 3.63) is 36.1 Å². The second kappa shape index (κ2) is 5.27. The van der Waals surface area contributed by atoms with E-state index in [0.29, 0.717) is 16.5 Å². The normalized spacial score (nSPS) is 10.1. The molecule has 0 radical (unpaired) electrons. The highest BCUT2D eigenvalue weighted by Gasteiger charge is 2.21. The van der Waals surface area contributed by atoms with Crippen LogP contribution < -0.4 is 0 Å². The summed E-state index contributed by atoms with van der Waals surface area (Å²) in [6.45, 7) is -0.507. The molecule has 1 N–H and O–H groups in total. The maximum Gasteiger partial charge on any atom is 0.323 e. The molecule has 2 aromatic rings. The van der Waals surface area contributed by atoms with Gasteiger partial charge in [-0.1, -0.05) is 24.1 Å². The molecule has 1 amide bonds. The predicted molar refractivity (Wildman–Crippen MR) is 68.6 cm³/mol. The smallest absolute Gasteiger partial charge is 0.323 e. The van der Waals surface area contributed by atoms with Gasteiger partial charge < -0.3 is 14.4 Å². The fraction of sp³-hybridized carbons (Fsp3) is 0.143. The molecule has 5 nitrogen and oxygen atoms in total. The summed E-state index contributed by atoms with van der Waals surface area (Å²) in [5.41, 5.74) is 0.883. The molecule has 0 bridgehead atoms. The molecule has 1 heterocycles. The van der Waals surface area contributed by atoms with Crippen molar-refractivity contribution >= 4 is 22.8 Å². The zero-order valence-electron chi connectivity index (χ0n) is 10.00. The van der Waals surface area contributed by atoms with Gasteiger partial charge in [0.1, 0.15) is 18.4 Å². The molecular formula is C14H11NO4. The highest BCUT2D eigenvalue weighted by molar-refractivity contribution is 6.06. The number of carboxylic acids is 1.